The standard InChI is InChI=1S/C30H41N7O11S/c1-4-9-24-27-28(34(3)33-24)30(39)32-29(31-27)23-16-22(13-14-25(23)45-5-2)49(44)35-17-20(18-35)10-8-15-46-26(38)12-7-6-11-21(48-37(42)43)19-47-36(40)41/h13-14,16,20-21H,4-12,15,17-19H2,1-3H3,(H,31,32,39). The number of carbonyl (C=O) groups is 1. The molecule has 0 amide bonds. The van der Waals surface area contributed by atoms with Crippen molar-refractivity contribution in [1.82, 2.24) is 24.1 Å². The largest absolute Gasteiger partial charge is 0.493 e. The van der Waals surface area contributed by atoms with Gasteiger partial charge in [0.15, 0.2) is 5.52 Å². The number of fused-ring (bicyclic) bond motifs is 1. The zero-order valence-corrected chi connectivity index (χ0v) is 28.5. The van der Waals surface area contributed by atoms with Crippen molar-refractivity contribution in [2.75, 3.05) is 32.9 Å². The summed E-state index contributed by atoms with van der Waals surface area (Å²) in [6.07, 6.45) is 2.76. The lowest BCUT2D eigenvalue weighted by Gasteiger charge is -2.38. The molecule has 1 aliphatic heterocycles. The number of nitrogens with zero attached hydrogens (tertiary/aromatic N) is 6. The third-order valence-corrected chi connectivity index (χ3v) is 9.32. The fourth-order valence-electron chi connectivity index (χ4n) is 5.56. The summed E-state index contributed by atoms with van der Waals surface area (Å²) in [7, 11) is 0.258. The van der Waals surface area contributed by atoms with Crippen molar-refractivity contribution in [3.63, 3.8) is 0 Å². The molecule has 0 aliphatic carbocycles. The number of aryl methyl sites for hydroxylation is 2. The van der Waals surface area contributed by atoms with Crippen molar-refractivity contribution >= 4 is 28.0 Å². The van der Waals surface area contributed by atoms with E-state index in [0.29, 0.717) is 78.4 Å². The van der Waals surface area contributed by atoms with E-state index >= 15 is 0 Å². The third kappa shape index (κ3) is 10.2. The number of unbranched alkanes of at least 4 members (excludes halogenated alkanes) is 1. The van der Waals surface area contributed by atoms with Gasteiger partial charge in [-0.05, 0) is 63.1 Å². The van der Waals surface area contributed by atoms with Gasteiger partial charge in [-0.3, -0.25) is 14.3 Å². The van der Waals surface area contributed by atoms with Gasteiger partial charge in [-0.2, -0.15) is 5.10 Å². The molecular weight excluding hydrogens is 666 g/mol. The number of ether oxygens (including phenoxy) is 2. The van der Waals surface area contributed by atoms with Gasteiger partial charge in [0.1, 0.15) is 40.8 Å². The molecule has 268 valence electrons. The summed E-state index contributed by atoms with van der Waals surface area (Å²) in [6, 6.07) is 5.22. The maximum Gasteiger partial charge on any atom is 0.305 e. The smallest absolute Gasteiger partial charge is 0.305 e. The predicted octanol–water partition coefficient (Wildman–Crippen LogP) is 3.30. The Hall–Kier alpha value is -4.65. The summed E-state index contributed by atoms with van der Waals surface area (Å²) in [5.41, 5.74) is 1.87. The Morgan fingerprint density at radius 2 is 1.94 bits per heavy atom. The molecule has 0 saturated carbocycles. The van der Waals surface area contributed by atoms with E-state index in [4.69, 9.17) is 14.5 Å². The Bertz CT molecular complexity index is 1710. The van der Waals surface area contributed by atoms with E-state index < -0.39 is 39.8 Å². The minimum atomic E-state index is -1.46. The van der Waals surface area contributed by atoms with Crippen LogP contribution in [0.5, 0.6) is 5.75 Å². The zero-order valence-electron chi connectivity index (χ0n) is 27.7. The molecule has 1 N–H and O–H groups in total. The number of aromatic nitrogens is 4. The van der Waals surface area contributed by atoms with Gasteiger partial charge in [-0.25, -0.2) is 13.5 Å². The highest BCUT2D eigenvalue weighted by Crippen LogP contribution is 2.33. The van der Waals surface area contributed by atoms with E-state index in [0.717, 1.165) is 18.5 Å². The van der Waals surface area contributed by atoms with Crippen LogP contribution in [0.15, 0.2) is 27.9 Å². The maximum atomic E-state index is 13.5. The molecule has 0 bridgehead atoms. The van der Waals surface area contributed by atoms with Gasteiger partial charge < -0.3 is 24.1 Å². The van der Waals surface area contributed by atoms with Gasteiger partial charge in [0, 0.05) is 26.6 Å². The van der Waals surface area contributed by atoms with Crippen LogP contribution in [0.2, 0.25) is 0 Å². The third-order valence-electron chi connectivity index (χ3n) is 7.89. The van der Waals surface area contributed by atoms with Crippen LogP contribution in [0.4, 0.5) is 0 Å². The summed E-state index contributed by atoms with van der Waals surface area (Å²) < 4.78 is 28.0. The predicted molar refractivity (Wildman–Crippen MR) is 175 cm³/mol. The van der Waals surface area contributed by atoms with Crippen molar-refractivity contribution in [2.45, 2.75) is 76.2 Å². The van der Waals surface area contributed by atoms with Gasteiger partial charge in [0.05, 0.1) is 29.4 Å². The van der Waals surface area contributed by atoms with Crippen molar-refractivity contribution in [3.8, 4) is 17.1 Å². The summed E-state index contributed by atoms with van der Waals surface area (Å²) in [4.78, 5) is 62.7. The molecule has 1 saturated heterocycles. The minimum Gasteiger partial charge on any atom is -0.493 e. The second kappa shape index (κ2) is 17.7. The summed E-state index contributed by atoms with van der Waals surface area (Å²) >= 11 is 0. The van der Waals surface area contributed by atoms with Crippen molar-refractivity contribution in [1.29, 1.82) is 0 Å². The molecule has 3 aromatic rings. The molecule has 1 aromatic carbocycles. The van der Waals surface area contributed by atoms with Crippen LogP contribution in [-0.4, -0.2) is 83.4 Å². The summed E-state index contributed by atoms with van der Waals surface area (Å²) in [6.45, 7) is 5.15. The Labute approximate surface area is 283 Å². The highest BCUT2D eigenvalue weighted by molar-refractivity contribution is 7.82. The number of benzene rings is 1. The van der Waals surface area contributed by atoms with E-state index in [1.165, 1.54) is 4.68 Å². The fraction of sp³-hybridized carbons (Fsp3) is 0.600. The molecule has 1 aliphatic rings. The van der Waals surface area contributed by atoms with Crippen LogP contribution in [0.1, 0.15) is 64.5 Å². The summed E-state index contributed by atoms with van der Waals surface area (Å²) in [5.74, 6) is 0.707. The molecule has 1 fully saturated rings. The number of H-pyrrole nitrogens is 1. The first-order valence-electron chi connectivity index (χ1n) is 16.1. The molecule has 0 spiro atoms. The number of aromatic amines is 1. The molecule has 0 radical (unpaired) electrons. The Kier molecular flexibility index (Phi) is 13.4. The lowest BCUT2D eigenvalue weighted by atomic mass is 9.98. The molecule has 2 aromatic heterocycles. The topological polar surface area (TPSA) is 224 Å². The van der Waals surface area contributed by atoms with E-state index in [2.05, 4.69) is 19.8 Å². The molecule has 49 heavy (non-hydrogen) atoms. The molecule has 4 rings (SSSR count). The number of hydrogen-bond donors (Lipinski definition) is 1. The lowest BCUT2D eigenvalue weighted by molar-refractivity contribution is -0.790. The molecule has 19 heteroatoms. The van der Waals surface area contributed by atoms with Crippen molar-refractivity contribution in [2.24, 2.45) is 13.0 Å². The van der Waals surface area contributed by atoms with E-state index in [1.807, 2.05) is 18.2 Å². The quantitative estimate of drug-likeness (QED) is 0.0727. The van der Waals surface area contributed by atoms with Crippen LogP contribution in [-0.2, 0) is 43.7 Å². The first-order chi connectivity index (χ1) is 23.5. The Balaban J connectivity index is 1.24. The number of esters is 1. The van der Waals surface area contributed by atoms with Crippen LogP contribution < -0.4 is 10.3 Å². The van der Waals surface area contributed by atoms with Gasteiger partial charge in [0.2, 0.25) is 0 Å². The molecule has 2 atom stereocenters. The number of rotatable bonds is 21. The monoisotopic (exact) mass is 707 g/mol. The number of nitrogens with one attached hydrogen (secondary N) is 1. The van der Waals surface area contributed by atoms with Gasteiger partial charge in [-0.15, -0.1) is 20.2 Å². The fourth-order valence-corrected chi connectivity index (χ4v) is 6.95. The molecule has 3 heterocycles. The number of carbonyl (C=O) groups excluding carboxylic acids is 1. The van der Waals surface area contributed by atoms with Gasteiger partial charge in [-0.1, -0.05) is 19.8 Å². The SMILES string of the molecule is CCCc1nn(C)c2c(=O)[nH]c(-c3cc(S(=O)N4CC(CCCOC(=O)CCCCC(CO[N+](=O)[O-])O[N+](=O)[O-])C4)ccc3OCC)nc12. The van der Waals surface area contributed by atoms with E-state index in [9.17, 15) is 34.0 Å². The minimum absolute atomic E-state index is 0.0982. The van der Waals surface area contributed by atoms with Gasteiger partial charge >= 0.3 is 5.97 Å². The van der Waals surface area contributed by atoms with Gasteiger partial charge in [0.25, 0.3) is 15.7 Å². The van der Waals surface area contributed by atoms with Crippen LogP contribution >= 0.6 is 0 Å². The second-order valence-corrected chi connectivity index (χ2v) is 13.1. The maximum absolute atomic E-state index is 13.5. The van der Waals surface area contributed by atoms with Crippen LogP contribution in [0.3, 0.4) is 0 Å². The Morgan fingerprint density at radius 3 is 2.63 bits per heavy atom. The summed E-state index contributed by atoms with van der Waals surface area (Å²) in [5, 5.41) is 23.2. The average Bonchev–Trinajstić information content (AvgIpc) is 3.35. The molecule has 2 unspecified atom stereocenters. The van der Waals surface area contributed by atoms with Crippen LogP contribution in [0, 0.1) is 26.1 Å². The highest BCUT2D eigenvalue weighted by atomic mass is 32.2. The van der Waals surface area contributed by atoms with Crippen molar-refractivity contribution in [3.05, 3.63) is 54.5 Å². The van der Waals surface area contributed by atoms with E-state index in [-0.39, 0.29) is 30.9 Å². The van der Waals surface area contributed by atoms with Crippen LogP contribution in [0.25, 0.3) is 22.4 Å². The number of hydrogen-bond acceptors (Lipinski definition) is 13. The van der Waals surface area contributed by atoms with E-state index in [1.54, 1.807) is 25.2 Å². The Morgan fingerprint density at radius 1 is 1.16 bits per heavy atom. The first kappa shape index (κ1) is 37.2. The van der Waals surface area contributed by atoms with Crippen molar-refractivity contribution < 1.29 is 38.3 Å². The zero-order chi connectivity index (χ0) is 35.5. The highest BCUT2D eigenvalue weighted by Gasteiger charge is 2.31. The lowest BCUT2D eigenvalue weighted by Crippen LogP contribution is -2.47. The second-order valence-electron chi connectivity index (χ2n) is 11.6. The molecular formula is C30H41N7O11S. The average molecular weight is 708 g/mol. The first-order valence-corrected chi connectivity index (χ1v) is 17.2. The molecule has 18 nitrogen and oxygen atoms in total. The normalized spacial score (nSPS) is 14.6.